The van der Waals surface area contributed by atoms with E-state index in [2.05, 4.69) is 8.80 Å². The summed E-state index contributed by atoms with van der Waals surface area (Å²) in [5.41, 5.74) is -1.39. The van der Waals surface area contributed by atoms with Crippen LogP contribution in [0.2, 0.25) is 0 Å². The molecular weight excluding hydrogens is 585 g/mol. The largest absolute Gasteiger partial charge is 0.282 e. The van der Waals surface area contributed by atoms with Crippen LogP contribution in [0.4, 0.5) is 0 Å². The number of halogens is 6. The van der Waals surface area contributed by atoms with Crippen LogP contribution in [0.25, 0.3) is 0 Å². The van der Waals surface area contributed by atoms with Crippen molar-refractivity contribution in [3.05, 3.63) is 70.7 Å². The predicted molar refractivity (Wildman–Crippen MR) is 130 cm³/mol. The smallest absolute Gasteiger partial charge is 0.199 e. The molecule has 0 saturated carbocycles. The van der Waals surface area contributed by atoms with Gasteiger partial charge < -0.3 is 0 Å². The van der Waals surface area contributed by atoms with E-state index >= 15 is 0 Å². The van der Waals surface area contributed by atoms with Gasteiger partial charge in [-0.3, -0.25) is 0 Å². The molecule has 0 saturated heterocycles. The molecule has 0 aromatic heterocycles. The maximum absolute atomic E-state index is 12.7. The average Bonchev–Trinajstić information content (AvgIpc) is 2.75. The van der Waals surface area contributed by atoms with Gasteiger partial charge in [-0.2, -0.15) is 25.6 Å². The van der Waals surface area contributed by atoms with Gasteiger partial charge in [0.15, 0.2) is 0 Å². The molecule has 0 atom stereocenters. The SMILES string of the molecule is O=S(=O)(/N=C1C(Cl)=C(Cl)/C(=N\S(=O)(=O)c2ccccc2)C(Cl)(Cl)C/1(Cl)Cl)c1ccccc1. The third kappa shape index (κ3) is 4.70. The fourth-order valence-corrected chi connectivity index (χ4v) is 6.60. The molecule has 0 unspecified atom stereocenters. The summed E-state index contributed by atoms with van der Waals surface area (Å²) in [6.07, 6.45) is 0. The molecule has 0 heterocycles. The van der Waals surface area contributed by atoms with Crippen LogP contribution in [0.5, 0.6) is 0 Å². The van der Waals surface area contributed by atoms with E-state index in [9.17, 15) is 16.8 Å². The average molecular weight is 595 g/mol. The molecule has 0 bridgehead atoms. The highest BCUT2D eigenvalue weighted by molar-refractivity contribution is 7.90. The number of hydrogen-bond acceptors (Lipinski definition) is 4. The minimum Gasteiger partial charge on any atom is -0.199 e. The normalized spacial score (nSPS) is 21.2. The van der Waals surface area contributed by atoms with E-state index in [4.69, 9.17) is 69.6 Å². The lowest BCUT2D eigenvalue weighted by Crippen LogP contribution is -2.53. The van der Waals surface area contributed by atoms with Crippen LogP contribution in [-0.2, 0) is 20.0 Å². The van der Waals surface area contributed by atoms with Crippen molar-refractivity contribution in [1.82, 2.24) is 0 Å². The molecule has 170 valence electrons. The minimum atomic E-state index is -4.37. The second-order valence-corrected chi connectivity index (χ2v) is 12.9. The van der Waals surface area contributed by atoms with Crippen LogP contribution >= 0.6 is 69.6 Å². The van der Waals surface area contributed by atoms with Crippen LogP contribution < -0.4 is 0 Å². The first-order valence-electron chi connectivity index (χ1n) is 8.34. The number of benzene rings is 2. The van der Waals surface area contributed by atoms with E-state index in [1.165, 1.54) is 48.5 Å². The van der Waals surface area contributed by atoms with E-state index in [-0.39, 0.29) is 9.79 Å². The van der Waals surface area contributed by atoms with Crippen molar-refractivity contribution in [3.63, 3.8) is 0 Å². The first-order valence-corrected chi connectivity index (χ1v) is 13.5. The number of alkyl halides is 4. The molecule has 2 aromatic carbocycles. The molecule has 0 radical (unpaired) electrons. The summed E-state index contributed by atoms with van der Waals surface area (Å²) in [5, 5.41) is -1.18. The number of allylic oxidation sites excluding steroid dienone is 2. The molecule has 3 rings (SSSR count). The maximum Gasteiger partial charge on any atom is 0.282 e. The second-order valence-electron chi connectivity index (χ2n) is 6.23. The number of hydrogen-bond donors (Lipinski definition) is 0. The van der Waals surface area contributed by atoms with Crippen molar-refractivity contribution >= 4 is 101 Å². The quantitative estimate of drug-likeness (QED) is 0.425. The van der Waals surface area contributed by atoms with Gasteiger partial charge in [-0.05, 0) is 24.3 Å². The van der Waals surface area contributed by atoms with Gasteiger partial charge in [-0.15, -0.1) is 0 Å². The number of nitrogens with zero attached hydrogens (tertiary/aromatic N) is 2. The van der Waals surface area contributed by atoms with Crippen LogP contribution in [-0.4, -0.2) is 36.9 Å². The highest BCUT2D eigenvalue weighted by Crippen LogP contribution is 2.53. The lowest BCUT2D eigenvalue weighted by Gasteiger charge is -2.38. The van der Waals surface area contributed by atoms with Gasteiger partial charge in [0.2, 0.25) is 8.67 Å². The van der Waals surface area contributed by atoms with Crippen LogP contribution in [0.15, 0.2) is 89.3 Å². The van der Waals surface area contributed by atoms with E-state index in [1.54, 1.807) is 12.1 Å². The van der Waals surface area contributed by atoms with Gasteiger partial charge in [0.25, 0.3) is 20.0 Å². The van der Waals surface area contributed by atoms with E-state index in [0.29, 0.717) is 0 Å². The minimum absolute atomic E-state index is 0.196. The Balaban J connectivity index is 2.25. The summed E-state index contributed by atoms with van der Waals surface area (Å²) in [4.78, 5) is -0.392. The van der Waals surface area contributed by atoms with Crippen molar-refractivity contribution < 1.29 is 16.8 Å². The Morgan fingerprint density at radius 1 is 0.562 bits per heavy atom. The number of rotatable bonds is 4. The third-order valence-electron chi connectivity index (χ3n) is 4.10. The molecule has 0 aliphatic heterocycles. The maximum atomic E-state index is 12.7. The molecule has 0 fully saturated rings. The topological polar surface area (TPSA) is 93.0 Å². The molecule has 0 amide bonds. The molecule has 1 aliphatic carbocycles. The van der Waals surface area contributed by atoms with Gasteiger partial charge >= 0.3 is 0 Å². The lowest BCUT2D eigenvalue weighted by atomic mass is 10.0. The van der Waals surface area contributed by atoms with Crippen LogP contribution in [0, 0.1) is 0 Å². The first kappa shape index (κ1) is 25.8. The summed E-state index contributed by atoms with van der Waals surface area (Å²) >= 11 is 37.6. The zero-order valence-corrected chi connectivity index (χ0v) is 21.6. The van der Waals surface area contributed by atoms with Crippen molar-refractivity contribution in [3.8, 4) is 0 Å². The molecule has 14 heteroatoms. The Morgan fingerprint density at radius 2 is 0.844 bits per heavy atom. The Morgan fingerprint density at radius 3 is 1.12 bits per heavy atom. The standard InChI is InChI=1S/C18H10Cl6N2O4S2/c19-13-14(20)16(26-32(29,30)12-9-5-2-6-10-12)18(23,24)17(21,22)15(13)25-31(27,28)11-7-3-1-4-8-11/h1-10H/b25-15-,26-16+. The van der Waals surface area contributed by atoms with Gasteiger partial charge in [-0.1, -0.05) is 106 Å². The van der Waals surface area contributed by atoms with Crippen molar-refractivity contribution in [2.75, 3.05) is 0 Å². The molecule has 0 N–H and O–H groups in total. The monoisotopic (exact) mass is 592 g/mol. The Kier molecular flexibility index (Phi) is 7.31. The van der Waals surface area contributed by atoms with Gasteiger partial charge in [0, 0.05) is 0 Å². The van der Waals surface area contributed by atoms with Crippen molar-refractivity contribution in [1.29, 1.82) is 0 Å². The Hall–Kier alpha value is -0.840. The summed E-state index contributed by atoms with van der Waals surface area (Å²) in [7, 11) is -8.73. The Bertz CT molecular complexity index is 1250. The molecular formula is C18H10Cl6N2O4S2. The summed E-state index contributed by atoms with van der Waals surface area (Å²) in [6.45, 7) is 0. The van der Waals surface area contributed by atoms with Crippen LogP contribution in [0.3, 0.4) is 0 Å². The molecule has 6 nitrogen and oxygen atoms in total. The summed E-state index contributed by atoms with van der Waals surface area (Å²) < 4.78 is 52.9. The fourth-order valence-electron chi connectivity index (χ4n) is 2.51. The summed E-state index contributed by atoms with van der Waals surface area (Å²) in [6, 6.07) is 14.2. The highest BCUT2D eigenvalue weighted by Gasteiger charge is 2.60. The van der Waals surface area contributed by atoms with E-state index in [1.807, 2.05) is 0 Å². The zero-order valence-electron chi connectivity index (χ0n) is 15.4. The summed E-state index contributed by atoms with van der Waals surface area (Å²) in [5.74, 6) is 0. The number of sulfonamides is 2. The van der Waals surface area contributed by atoms with Gasteiger partial charge in [-0.25, -0.2) is 0 Å². The van der Waals surface area contributed by atoms with Crippen LogP contribution in [0.1, 0.15) is 0 Å². The highest BCUT2D eigenvalue weighted by atomic mass is 35.5. The van der Waals surface area contributed by atoms with Gasteiger partial charge in [0.1, 0.15) is 11.4 Å². The van der Waals surface area contributed by atoms with E-state index < -0.39 is 50.2 Å². The molecule has 2 aromatic rings. The molecule has 32 heavy (non-hydrogen) atoms. The molecule has 0 spiro atoms. The lowest BCUT2D eigenvalue weighted by molar-refractivity contribution is 0.595. The fraction of sp³-hybridized carbons (Fsp3) is 0.111. The third-order valence-corrected chi connectivity index (χ3v) is 9.75. The molecule has 1 aliphatic rings. The zero-order chi connectivity index (χ0) is 23.9. The first-order chi connectivity index (χ1) is 14.7. The second kappa shape index (κ2) is 9.07. The predicted octanol–water partition coefficient (Wildman–Crippen LogP) is 5.70. The van der Waals surface area contributed by atoms with Gasteiger partial charge in [0.05, 0.1) is 19.9 Å². The van der Waals surface area contributed by atoms with E-state index in [0.717, 1.165) is 0 Å². The van der Waals surface area contributed by atoms with Crippen molar-refractivity contribution in [2.24, 2.45) is 8.80 Å². The Labute approximate surface area is 214 Å². The van der Waals surface area contributed by atoms with Crippen molar-refractivity contribution in [2.45, 2.75) is 18.5 Å².